The Morgan fingerprint density at radius 1 is 1.06 bits per heavy atom. The van der Waals surface area contributed by atoms with Crippen LogP contribution < -0.4 is 20.1 Å². The molecule has 0 spiro atoms. The van der Waals surface area contributed by atoms with Crippen LogP contribution in [-0.4, -0.2) is 59.2 Å². The summed E-state index contributed by atoms with van der Waals surface area (Å²) < 4.78 is 22.0. The number of guanidine groups is 1. The van der Waals surface area contributed by atoms with E-state index in [1.54, 1.807) is 7.11 Å². The lowest BCUT2D eigenvalue weighted by Crippen LogP contribution is -2.33. The van der Waals surface area contributed by atoms with Crippen molar-refractivity contribution in [3.63, 3.8) is 0 Å². The Hall–Kier alpha value is -1.75. The number of nitrogens with one attached hydrogen (secondary N) is 2. The highest BCUT2D eigenvalue weighted by molar-refractivity contribution is 14.0. The molecule has 2 N–H and O–H groups in total. The molecule has 0 bridgehead atoms. The molecule has 9 heteroatoms. The second-order valence-corrected chi connectivity index (χ2v) is 7.42. The zero-order valence-corrected chi connectivity index (χ0v) is 21.4. The van der Waals surface area contributed by atoms with Gasteiger partial charge < -0.3 is 29.6 Å². The number of anilines is 1. The summed E-state index contributed by atoms with van der Waals surface area (Å²) in [5.41, 5.74) is 2.04. The number of benzene rings is 2. The van der Waals surface area contributed by atoms with E-state index in [0.717, 1.165) is 40.6 Å². The van der Waals surface area contributed by atoms with E-state index in [1.165, 1.54) is 0 Å². The standard InChI is InChI=1S/C23H30ClN3O4.HI/c1-28-14-15-29-13-10-26-23(25-9-8-18-4-2-5-19(24)16-18)27-20-6-7-21-22(17-20)31-12-3-11-30-21;/h2,4-7,16-17H,3,8-15H2,1H3,(H2,25,26,27);1H. The summed E-state index contributed by atoms with van der Waals surface area (Å²) in [5.74, 6) is 2.18. The molecule has 2 aromatic rings. The summed E-state index contributed by atoms with van der Waals surface area (Å²) >= 11 is 6.08. The summed E-state index contributed by atoms with van der Waals surface area (Å²) in [6.07, 6.45) is 1.70. The van der Waals surface area contributed by atoms with Crippen LogP contribution in [-0.2, 0) is 15.9 Å². The molecule has 0 unspecified atom stereocenters. The molecule has 0 aromatic heterocycles. The first-order chi connectivity index (χ1) is 15.2. The van der Waals surface area contributed by atoms with E-state index in [4.69, 9.17) is 30.5 Å². The molecular weight excluding hydrogens is 545 g/mol. The Labute approximate surface area is 211 Å². The van der Waals surface area contributed by atoms with E-state index in [2.05, 4.69) is 21.7 Å². The van der Waals surface area contributed by atoms with Gasteiger partial charge in [-0.15, -0.1) is 24.0 Å². The Balaban J connectivity index is 0.00000363. The van der Waals surface area contributed by atoms with Gasteiger partial charge in [0.1, 0.15) is 0 Å². The number of methoxy groups -OCH3 is 1. The SMILES string of the molecule is COCCOCCN=C(NCCc1cccc(Cl)c1)Nc1ccc2c(c1)OCCCO2.I. The molecule has 0 saturated carbocycles. The number of ether oxygens (including phenoxy) is 4. The maximum absolute atomic E-state index is 6.08. The van der Waals surface area contributed by atoms with E-state index in [-0.39, 0.29) is 24.0 Å². The summed E-state index contributed by atoms with van der Waals surface area (Å²) in [6, 6.07) is 13.7. The second kappa shape index (κ2) is 15.2. The molecule has 0 fully saturated rings. The molecule has 0 aliphatic carbocycles. The number of fused-ring (bicyclic) bond motifs is 1. The quantitative estimate of drug-likeness (QED) is 0.190. The minimum absolute atomic E-state index is 0. The van der Waals surface area contributed by atoms with Gasteiger partial charge >= 0.3 is 0 Å². The van der Waals surface area contributed by atoms with Gasteiger partial charge in [0, 0.05) is 36.9 Å². The summed E-state index contributed by atoms with van der Waals surface area (Å²) in [5, 5.41) is 7.46. The molecule has 32 heavy (non-hydrogen) atoms. The summed E-state index contributed by atoms with van der Waals surface area (Å²) in [4.78, 5) is 4.63. The van der Waals surface area contributed by atoms with Crippen LogP contribution in [0.1, 0.15) is 12.0 Å². The highest BCUT2D eigenvalue weighted by Crippen LogP contribution is 2.32. The smallest absolute Gasteiger partial charge is 0.195 e. The number of hydrogen-bond acceptors (Lipinski definition) is 5. The molecule has 2 aromatic carbocycles. The number of aliphatic imine (C=N–C) groups is 1. The maximum Gasteiger partial charge on any atom is 0.195 e. The molecule has 0 amide bonds. The van der Waals surface area contributed by atoms with Crippen LogP contribution in [0.15, 0.2) is 47.5 Å². The van der Waals surface area contributed by atoms with E-state index in [9.17, 15) is 0 Å². The predicted octanol–water partition coefficient (Wildman–Crippen LogP) is 4.38. The van der Waals surface area contributed by atoms with Crippen LogP contribution in [0.2, 0.25) is 5.02 Å². The van der Waals surface area contributed by atoms with Crippen LogP contribution in [0.25, 0.3) is 0 Å². The van der Waals surface area contributed by atoms with Crippen molar-refractivity contribution in [3.05, 3.63) is 53.1 Å². The first-order valence-corrected chi connectivity index (χ1v) is 10.9. The van der Waals surface area contributed by atoms with Gasteiger partial charge in [0.25, 0.3) is 0 Å². The Bertz CT molecular complexity index is 854. The fraction of sp³-hybridized carbons (Fsp3) is 0.435. The van der Waals surface area contributed by atoms with Crippen molar-refractivity contribution in [3.8, 4) is 11.5 Å². The minimum atomic E-state index is 0. The van der Waals surface area contributed by atoms with Crippen molar-refractivity contribution < 1.29 is 18.9 Å². The molecule has 176 valence electrons. The zero-order valence-electron chi connectivity index (χ0n) is 18.3. The third-order valence-corrected chi connectivity index (χ3v) is 4.78. The highest BCUT2D eigenvalue weighted by atomic mass is 127. The second-order valence-electron chi connectivity index (χ2n) is 6.98. The van der Waals surface area contributed by atoms with E-state index < -0.39 is 0 Å². The molecule has 1 heterocycles. The zero-order chi connectivity index (χ0) is 21.7. The molecular formula is C23H31ClIN3O4. The molecule has 0 radical (unpaired) electrons. The molecule has 1 aliphatic heterocycles. The van der Waals surface area contributed by atoms with Crippen molar-refractivity contribution >= 4 is 47.2 Å². The number of hydrogen-bond donors (Lipinski definition) is 2. The van der Waals surface area contributed by atoms with Crippen LogP contribution in [0.4, 0.5) is 5.69 Å². The normalized spacial score (nSPS) is 13.1. The topological polar surface area (TPSA) is 73.3 Å². The molecule has 0 saturated heterocycles. The molecule has 3 rings (SSSR count). The van der Waals surface area contributed by atoms with Gasteiger partial charge in [0.05, 0.1) is 39.6 Å². The predicted molar refractivity (Wildman–Crippen MR) is 139 cm³/mol. The molecule has 7 nitrogen and oxygen atoms in total. The van der Waals surface area contributed by atoms with Gasteiger partial charge in [-0.3, -0.25) is 4.99 Å². The van der Waals surface area contributed by atoms with Gasteiger partial charge in [-0.1, -0.05) is 23.7 Å². The van der Waals surface area contributed by atoms with Crippen LogP contribution in [0, 0.1) is 0 Å². The van der Waals surface area contributed by atoms with Gasteiger partial charge in [0.2, 0.25) is 0 Å². The Kier molecular flexibility index (Phi) is 12.5. The van der Waals surface area contributed by atoms with Crippen molar-refractivity contribution in [1.82, 2.24) is 5.32 Å². The van der Waals surface area contributed by atoms with E-state index in [1.807, 2.05) is 36.4 Å². The highest BCUT2D eigenvalue weighted by Gasteiger charge is 2.11. The van der Waals surface area contributed by atoms with Crippen molar-refractivity contribution in [2.24, 2.45) is 4.99 Å². The van der Waals surface area contributed by atoms with Gasteiger partial charge in [-0.2, -0.15) is 0 Å². The minimum Gasteiger partial charge on any atom is -0.490 e. The Morgan fingerprint density at radius 3 is 2.72 bits per heavy atom. The first-order valence-electron chi connectivity index (χ1n) is 10.5. The van der Waals surface area contributed by atoms with Crippen molar-refractivity contribution in [2.45, 2.75) is 12.8 Å². The average molecular weight is 576 g/mol. The number of rotatable bonds is 10. The number of halogens is 2. The summed E-state index contributed by atoms with van der Waals surface area (Å²) in [6.45, 7) is 4.20. The summed E-state index contributed by atoms with van der Waals surface area (Å²) in [7, 11) is 1.66. The monoisotopic (exact) mass is 575 g/mol. The molecule has 0 atom stereocenters. The first kappa shape index (κ1) is 26.5. The lowest BCUT2D eigenvalue weighted by Gasteiger charge is -2.15. The third kappa shape index (κ3) is 9.40. The van der Waals surface area contributed by atoms with Crippen LogP contribution in [0.5, 0.6) is 11.5 Å². The van der Waals surface area contributed by atoms with E-state index >= 15 is 0 Å². The largest absolute Gasteiger partial charge is 0.490 e. The lowest BCUT2D eigenvalue weighted by molar-refractivity contribution is 0.0748. The molecule has 1 aliphatic rings. The van der Waals surface area contributed by atoms with Crippen molar-refractivity contribution in [1.29, 1.82) is 0 Å². The van der Waals surface area contributed by atoms with E-state index in [0.29, 0.717) is 52.1 Å². The number of nitrogens with zero attached hydrogens (tertiary/aromatic N) is 1. The van der Waals surface area contributed by atoms with Crippen molar-refractivity contribution in [2.75, 3.05) is 58.6 Å². The fourth-order valence-corrected chi connectivity index (χ4v) is 3.21. The Morgan fingerprint density at radius 2 is 1.91 bits per heavy atom. The van der Waals surface area contributed by atoms with Gasteiger partial charge in [-0.25, -0.2) is 0 Å². The van der Waals surface area contributed by atoms with Gasteiger partial charge in [0.15, 0.2) is 17.5 Å². The average Bonchev–Trinajstić information content (AvgIpc) is 3.01. The fourth-order valence-electron chi connectivity index (χ4n) is 3.00. The van der Waals surface area contributed by atoms with Crippen LogP contribution >= 0.6 is 35.6 Å². The van der Waals surface area contributed by atoms with Crippen LogP contribution in [0.3, 0.4) is 0 Å². The lowest BCUT2D eigenvalue weighted by atomic mass is 10.1. The maximum atomic E-state index is 6.08. The third-order valence-electron chi connectivity index (χ3n) is 4.54. The van der Waals surface area contributed by atoms with Gasteiger partial charge in [-0.05, 0) is 36.2 Å².